The molecule has 0 saturated carbocycles. The van der Waals surface area contributed by atoms with Crippen molar-refractivity contribution in [2.24, 2.45) is 11.5 Å². The van der Waals surface area contributed by atoms with Crippen LogP contribution in [0, 0.1) is 6.92 Å². The standard InChI is InChI=1S/C50H61N13O5/c1-7-10-19-67-41-27-33(45(51)64)25-36-38-30-54-48(40-24-32(5)58(6)63(40)9-3)56-50(38)61(43(36)41)16-12-11-15-60-44-35(37-29-53-47(55-49(37)60)39-23-31(4)57-62(39)8-2)26-34(46(52)65)28-42(44)68-20-13-14-59-17-21-66-22-18-59/h11-12,23-30,32H,7-10,13-22H2,1-6H3,(H2,51,64)(H2,52,65)/b12-11+. The molecule has 7 aromatic rings. The Kier molecular flexibility index (Phi) is 13.4. The number of allylic oxidation sites excluding steroid dienone is 2. The Morgan fingerprint density at radius 1 is 0.779 bits per heavy atom. The Morgan fingerprint density at radius 2 is 1.35 bits per heavy atom. The van der Waals surface area contributed by atoms with Crippen LogP contribution in [0.2, 0.25) is 0 Å². The van der Waals surface area contributed by atoms with Crippen LogP contribution in [0.15, 0.2) is 61.0 Å². The van der Waals surface area contributed by atoms with Crippen molar-refractivity contribution in [2.75, 3.05) is 59.7 Å². The van der Waals surface area contributed by atoms with Gasteiger partial charge in [-0.1, -0.05) is 25.5 Å². The summed E-state index contributed by atoms with van der Waals surface area (Å²) in [4.78, 5) is 48.2. The van der Waals surface area contributed by atoms with E-state index in [-0.39, 0.29) is 6.04 Å². The highest BCUT2D eigenvalue weighted by Gasteiger charge is 2.29. The van der Waals surface area contributed by atoms with Gasteiger partial charge in [0.05, 0.1) is 48.9 Å². The maximum absolute atomic E-state index is 12.8. The van der Waals surface area contributed by atoms with Crippen LogP contribution < -0.4 is 20.9 Å². The van der Waals surface area contributed by atoms with Gasteiger partial charge in [0, 0.05) is 104 Å². The topological polar surface area (TPSA) is 203 Å². The first-order valence-electron chi connectivity index (χ1n) is 23.7. The monoisotopic (exact) mass is 923 g/mol. The van der Waals surface area contributed by atoms with Gasteiger partial charge in [-0.3, -0.25) is 19.2 Å². The lowest BCUT2D eigenvalue weighted by Crippen LogP contribution is -2.37. The second-order valence-corrected chi connectivity index (χ2v) is 17.5. The van der Waals surface area contributed by atoms with Crippen LogP contribution >= 0.6 is 0 Å². The fourth-order valence-corrected chi connectivity index (χ4v) is 9.38. The summed E-state index contributed by atoms with van der Waals surface area (Å²) in [6.45, 7) is 17.5. The molecule has 2 aliphatic heterocycles. The van der Waals surface area contributed by atoms with Gasteiger partial charge in [-0.25, -0.2) is 24.9 Å². The van der Waals surface area contributed by atoms with E-state index in [0.29, 0.717) is 78.4 Å². The third-order valence-corrected chi connectivity index (χ3v) is 13.0. The van der Waals surface area contributed by atoms with E-state index < -0.39 is 11.8 Å². The van der Waals surface area contributed by atoms with E-state index in [4.69, 9.17) is 45.6 Å². The first-order valence-corrected chi connectivity index (χ1v) is 23.7. The average molecular weight is 924 g/mol. The molecular formula is C50H61N13O5. The predicted molar refractivity (Wildman–Crippen MR) is 263 cm³/mol. The van der Waals surface area contributed by atoms with Crippen molar-refractivity contribution < 1.29 is 23.8 Å². The number of hydrazine groups is 1. The van der Waals surface area contributed by atoms with Gasteiger partial charge in [0.2, 0.25) is 11.8 Å². The molecule has 18 heteroatoms. The highest BCUT2D eigenvalue weighted by atomic mass is 16.5. The normalized spacial score (nSPS) is 16.1. The fraction of sp³-hybridized carbons (Fsp3) is 0.420. The number of carbonyl (C=O) groups is 2. The molecular weight excluding hydrogens is 863 g/mol. The molecule has 2 amide bonds. The Morgan fingerprint density at radius 3 is 1.91 bits per heavy atom. The van der Waals surface area contributed by atoms with E-state index in [0.717, 1.165) is 108 Å². The largest absolute Gasteiger partial charge is 0.491 e. The molecule has 1 fully saturated rings. The summed E-state index contributed by atoms with van der Waals surface area (Å²) in [5.74, 6) is 1.11. The summed E-state index contributed by atoms with van der Waals surface area (Å²) in [6.07, 6.45) is 12.6. The highest BCUT2D eigenvalue weighted by molar-refractivity contribution is 6.13. The number of hydrogen-bond acceptors (Lipinski definition) is 13. The number of nitrogens with two attached hydrogens (primary N) is 2. The number of rotatable bonds is 19. The zero-order valence-electron chi connectivity index (χ0n) is 39.9. The number of primary amides is 2. The summed E-state index contributed by atoms with van der Waals surface area (Å²) in [6, 6.07) is 9.23. The molecule has 2 aliphatic rings. The number of aryl methyl sites for hydroxylation is 2. The van der Waals surface area contributed by atoms with Gasteiger partial charge < -0.3 is 39.8 Å². The fourth-order valence-electron chi connectivity index (χ4n) is 9.38. The van der Waals surface area contributed by atoms with Crippen molar-refractivity contribution >= 4 is 61.4 Å². The zero-order valence-corrected chi connectivity index (χ0v) is 39.9. The summed E-state index contributed by atoms with van der Waals surface area (Å²) in [5, 5.41) is 12.1. The van der Waals surface area contributed by atoms with Crippen molar-refractivity contribution in [2.45, 2.75) is 79.6 Å². The van der Waals surface area contributed by atoms with Crippen LogP contribution in [-0.2, 0) is 24.4 Å². The Balaban J connectivity index is 1.16. The van der Waals surface area contributed by atoms with E-state index >= 15 is 0 Å². The number of fused-ring (bicyclic) bond motifs is 6. The minimum atomic E-state index is -0.557. The molecule has 1 saturated heterocycles. The molecule has 0 bridgehead atoms. The van der Waals surface area contributed by atoms with Crippen molar-refractivity contribution in [3.63, 3.8) is 0 Å². The third-order valence-electron chi connectivity index (χ3n) is 13.0. The summed E-state index contributed by atoms with van der Waals surface area (Å²) >= 11 is 0. The summed E-state index contributed by atoms with van der Waals surface area (Å²) < 4.78 is 24.7. The van der Waals surface area contributed by atoms with Gasteiger partial charge in [0.25, 0.3) is 0 Å². The molecule has 2 aromatic carbocycles. The number of carbonyl (C=O) groups excluding carboxylic acids is 2. The van der Waals surface area contributed by atoms with Crippen LogP contribution in [0.4, 0.5) is 0 Å². The highest BCUT2D eigenvalue weighted by Crippen LogP contribution is 2.39. The lowest BCUT2D eigenvalue weighted by atomic mass is 10.1. The van der Waals surface area contributed by atoms with Crippen LogP contribution in [0.25, 0.3) is 61.1 Å². The number of ether oxygens (including phenoxy) is 3. The molecule has 18 nitrogen and oxygen atoms in total. The molecule has 1 unspecified atom stereocenters. The minimum Gasteiger partial charge on any atom is -0.491 e. The molecule has 0 radical (unpaired) electrons. The van der Waals surface area contributed by atoms with Crippen LogP contribution in [0.3, 0.4) is 0 Å². The van der Waals surface area contributed by atoms with E-state index in [1.54, 1.807) is 18.2 Å². The molecule has 356 valence electrons. The van der Waals surface area contributed by atoms with Crippen molar-refractivity contribution in [1.82, 2.24) is 53.8 Å². The third kappa shape index (κ3) is 8.86. The predicted octanol–water partition coefficient (Wildman–Crippen LogP) is 6.32. The molecule has 5 aromatic heterocycles. The zero-order chi connectivity index (χ0) is 47.6. The number of unbranched alkanes of at least 4 members (excludes halogenated alkanes) is 1. The molecule has 9 rings (SSSR count). The SMILES string of the molecule is CCCCOc1cc(C(N)=O)cc2c3cnc(C4=CC(C)N(C)N4CC)nc3n(C/C=C/Cn3c4nc(-c5cc(C)nn5CC)ncc4c4cc(C(N)=O)cc(OCCCN5CCOCC5)c43)c12. The Hall–Kier alpha value is -6.89. The lowest BCUT2D eigenvalue weighted by Gasteiger charge is -2.29. The second-order valence-electron chi connectivity index (χ2n) is 17.5. The van der Waals surface area contributed by atoms with E-state index in [9.17, 15) is 9.59 Å². The smallest absolute Gasteiger partial charge is 0.248 e. The number of nitrogens with zero attached hydrogens (tertiary/aromatic N) is 11. The second kappa shape index (κ2) is 19.8. The first kappa shape index (κ1) is 46.2. The Labute approximate surface area is 395 Å². The lowest BCUT2D eigenvalue weighted by molar-refractivity contribution is 0.0358. The minimum absolute atomic E-state index is 0.165. The first-order chi connectivity index (χ1) is 33.0. The molecule has 0 aliphatic carbocycles. The molecule has 7 heterocycles. The van der Waals surface area contributed by atoms with Crippen molar-refractivity contribution in [3.05, 3.63) is 83.6 Å². The van der Waals surface area contributed by atoms with Gasteiger partial charge in [0.1, 0.15) is 28.5 Å². The van der Waals surface area contributed by atoms with E-state index in [2.05, 4.69) is 75.2 Å². The van der Waals surface area contributed by atoms with E-state index in [1.165, 1.54) is 0 Å². The summed E-state index contributed by atoms with van der Waals surface area (Å²) in [7, 11) is 2.06. The molecule has 4 N–H and O–H groups in total. The maximum Gasteiger partial charge on any atom is 0.248 e. The number of likely N-dealkylation sites (N-methyl/N-ethyl adjacent to an activating group) is 1. The van der Waals surface area contributed by atoms with Gasteiger partial charge in [-0.05, 0) is 76.9 Å². The van der Waals surface area contributed by atoms with Gasteiger partial charge in [-0.15, -0.1) is 0 Å². The molecule has 1 atom stereocenters. The van der Waals surface area contributed by atoms with Crippen molar-refractivity contribution in [3.8, 4) is 23.0 Å². The maximum atomic E-state index is 12.8. The number of hydrogen-bond donors (Lipinski definition) is 2. The van der Waals surface area contributed by atoms with Crippen LogP contribution in [0.1, 0.15) is 79.2 Å². The number of amides is 2. The van der Waals surface area contributed by atoms with Crippen LogP contribution in [-0.4, -0.2) is 131 Å². The molecule has 68 heavy (non-hydrogen) atoms. The quantitative estimate of drug-likeness (QED) is 0.0675. The number of benzene rings is 2. The Bertz CT molecular complexity index is 3090. The van der Waals surface area contributed by atoms with E-state index in [1.807, 2.05) is 43.1 Å². The van der Waals surface area contributed by atoms with Gasteiger partial charge in [-0.2, -0.15) is 5.10 Å². The summed E-state index contributed by atoms with van der Waals surface area (Å²) in [5.41, 5.74) is 18.1. The average Bonchev–Trinajstić information content (AvgIpc) is 4.07. The van der Waals surface area contributed by atoms with Crippen molar-refractivity contribution in [1.29, 1.82) is 0 Å². The molecule has 0 spiro atoms. The van der Waals surface area contributed by atoms with Gasteiger partial charge in [0.15, 0.2) is 11.6 Å². The number of aromatic nitrogens is 8. The van der Waals surface area contributed by atoms with Crippen LogP contribution in [0.5, 0.6) is 11.5 Å². The van der Waals surface area contributed by atoms with Gasteiger partial charge >= 0.3 is 0 Å². The number of morpholine rings is 1.